The number of benzene rings is 2. The number of hydrogen-bond acceptors (Lipinski definition) is 7. The third-order valence-corrected chi connectivity index (χ3v) is 5.24. The third-order valence-electron chi connectivity index (χ3n) is 5.24. The maximum absolute atomic E-state index is 13.2. The molecule has 8 heteroatoms. The van der Waals surface area contributed by atoms with Crippen molar-refractivity contribution in [1.29, 1.82) is 0 Å². The highest BCUT2D eigenvalue weighted by Gasteiger charge is 2.49. The number of ether oxygens (including phenoxy) is 2. The number of amides is 1. The molecule has 0 unspecified atom stereocenters. The lowest BCUT2D eigenvalue weighted by Gasteiger charge is -2.24. The van der Waals surface area contributed by atoms with Crippen LogP contribution in [0.1, 0.15) is 36.8 Å². The minimum atomic E-state index is -0.961. The first kappa shape index (κ1) is 22.1. The van der Waals surface area contributed by atoms with E-state index in [1.807, 2.05) is 13.8 Å². The van der Waals surface area contributed by atoms with E-state index in [1.165, 1.54) is 12.0 Å². The zero-order chi connectivity index (χ0) is 23.7. The van der Waals surface area contributed by atoms with E-state index in [2.05, 4.69) is 5.16 Å². The quantitative estimate of drug-likeness (QED) is 0.339. The molecule has 2 aromatic carbocycles. The van der Waals surface area contributed by atoms with E-state index in [0.717, 1.165) is 0 Å². The minimum Gasteiger partial charge on any atom is -0.507 e. The van der Waals surface area contributed by atoms with Crippen molar-refractivity contribution < 1.29 is 28.7 Å². The van der Waals surface area contributed by atoms with Gasteiger partial charge in [-0.1, -0.05) is 23.4 Å². The van der Waals surface area contributed by atoms with Gasteiger partial charge >= 0.3 is 5.91 Å². The highest BCUT2D eigenvalue weighted by molar-refractivity contribution is 6.51. The number of carbonyl (C=O) groups excluding carboxylic acids is 2. The van der Waals surface area contributed by atoms with E-state index < -0.39 is 17.7 Å². The number of anilines is 1. The summed E-state index contributed by atoms with van der Waals surface area (Å²) in [4.78, 5) is 27.5. The number of Topliss-reactive ketones (excluding diaryl/α,β-unsaturated/α-hetero) is 1. The first-order valence-electron chi connectivity index (χ1n) is 10.5. The Morgan fingerprint density at radius 2 is 1.82 bits per heavy atom. The molecule has 0 spiro atoms. The Bertz CT molecular complexity index is 1230. The number of ketones is 1. The van der Waals surface area contributed by atoms with Crippen molar-refractivity contribution in [2.75, 3.05) is 12.0 Å². The fourth-order valence-electron chi connectivity index (χ4n) is 3.84. The SMILES string of the molecule is COc1ccccc1[C@@H]1C(=C(O)c2ccc(OC(C)C)cc2)C(=O)C(=O)N1c1cc(C)on1. The largest absolute Gasteiger partial charge is 0.507 e. The Morgan fingerprint density at radius 3 is 2.42 bits per heavy atom. The number of aryl methyl sites for hydroxylation is 1. The summed E-state index contributed by atoms with van der Waals surface area (Å²) in [6.45, 7) is 5.51. The van der Waals surface area contributed by atoms with Gasteiger partial charge in [-0.3, -0.25) is 14.5 Å². The predicted molar refractivity (Wildman–Crippen MR) is 121 cm³/mol. The summed E-state index contributed by atoms with van der Waals surface area (Å²) in [5, 5.41) is 15.1. The molecular weight excluding hydrogens is 424 g/mol. The summed E-state index contributed by atoms with van der Waals surface area (Å²) < 4.78 is 16.3. The fraction of sp³-hybridized carbons (Fsp3) is 0.240. The van der Waals surface area contributed by atoms with E-state index in [4.69, 9.17) is 14.0 Å². The lowest BCUT2D eigenvalue weighted by atomic mass is 9.94. The number of aromatic nitrogens is 1. The molecule has 1 N–H and O–H groups in total. The molecule has 0 bridgehead atoms. The molecule has 2 heterocycles. The molecule has 4 rings (SSSR count). The van der Waals surface area contributed by atoms with E-state index in [0.29, 0.717) is 28.4 Å². The topological polar surface area (TPSA) is 102 Å². The van der Waals surface area contributed by atoms with Crippen LogP contribution in [0.3, 0.4) is 0 Å². The van der Waals surface area contributed by atoms with Gasteiger partial charge in [-0.25, -0.2) is 0 Å². The van der Waals surface area contributed by atoms with Crippen molar-refractivity contribution in [3.63, 3.8) is 0 Å². The van der Waals surface area contributed by atoms with Gasteiger partial charge in [0.15, 0.2) is 5.82 Å². The van der Waals surface area contributed by atoms with E-state index >= 15 is 0 Å². The lowest BCUT2D eigenvalue weighted by molar-refractivity contribution is -0.132. The van der Waals surface area contributed by atoms with Gasteiger partial charge in [-0.15, -0.1) is 0 Å². The van der Waals surface area contributed by atoms with Crippen molar-refractivity contribution in [1.82, 2.24) is 5.16 Å². The molecule has 1 aromatic heterocycles. The van der Waals surface area contributed by atoms with Crippen LogP contribution in [0.4, 0.5) is 5.82 Å². The second-order valence-electron chi connectivity index (χ2n) is 7.90. The van der Waals surface area contributed by atoms with Crippen LogP contribution in [0.5, 0.6) is 11.5 Å². The number of hydrogen-bond donors (Lipinski definition) is 1. The van der Waals surface area contributed by atoms with Crippen molar-refractivity contribution in [3.05, 3.63) is 77.1 Å². The van der Waals surface area contributed by atoms with Gasteiger partial charge in [0, 0.05) is 17.2 Å². The Labute approximate surface area is 191 Å². The monoisotopic (exact) mass is 448 g/mol. The molecule has 1 amide bonds. The summed E-state index contributed by atoms with van der Waals surface area (Å²) in [5.74, 6) is -0.214. The molecule has 0 saturated carbocycles. The Hall–Kier alpha value is -4.07. The van der Waals surface area contributed by atoms with Crippen LogP contribution in [0.25, 0.3) is 5.76 Å². The zero-order valence-electron chi connectivity index (χ0n) is 18.7. The molecule has 1 atom stereocenters. The molecule has 1 aliphatic heterocycles. The number of rotatable bonds is 6. The number of nitrogens with zero attached hydrogens (tertiary/aromatic N) is 2. The Balaban J connectivity index is 1.89. The van der Waals surface area contributed by atoms with Crippen LogP contribution >= 0.6 is 0 Å². The first-order valence-corrected chi connectivity index (χ1v) is 10.5. The lowest BCUT2D eigenvalue weighted by Crippen LogP contribution is -2.29. The van der Waals surface area contributed by atoms with Crippen molar-refractivity contribution in [2.24, 2.45) is 0 Å². The predicted octanol–water partition coefficient (Wildman–Crippen LogP) is 4.41. The van der Waals surface area contributed by atoms with Gasteiger partial charge in [0.05, 0.1) is 18.8 Å². The molecular formula is C25H24N2O6. The molecule has 3 aromatic rings. The van der Waals surface area contributed by atoms with Crippen LogP contribution in [0.2, 0.25) is 0 Å². The maximum Gasteiger partial charge on any atom is 0.301 e. The first-order chi connectivity index (χ1) is 15.8. The number of aliphatic hydroxyl groups excluding tert-OH is 1. The van der Waals surface area contributed by atoms with Gasteiger partial charge in [0.2, 0.25) is 0 Å². The highest BCUT2D eigenvalue weighted by Crippen LogP contribution is 2.44. The van der Waals surface area contributed by atoms with Gasteiger partial charge < -0.3 is 19.1 Å². The average molecular weight is 448 g/mol. The van der Waals surface area contributed by atoms with Crippen LogP contribution in [-0.4, -0.2) is 35.2 Å². The van der Waals surface area contributed by atoms with Crippen molar-refractivity contribution in [2.45, 2.75) is 32.9 Å². The summed E-state index contributed by atoms with van der Waals surface area (Å²) in [6, 6.07) is 14.3. The molecule has 1 fully saturated rings. The van der Waals surface area contributed by atoms with E-state index in [-0.39, 0.29) is 23.3 Å². The Morgan fingerprint density at radius 1 is 1.12 bits per heavy atom. The molecule has 1 aliphatic rings. The summed E-state index contributed by atoms with van der Waals surface area (Å²) >= 11 is 0. The zero-order valence-corrected chi connectivity index (χ0v) is 18.7. The number of carbonyl (C=O) groups is 2. The molecule has 8 nitrogen and oxygen atoms in total. The number of para-hydroxylation sites is 1. The summed E-state index contributed by atoms with van der Waals surface area (Å²) in [7, 11) is 1.50. The molecule has 0 aliphatic carbocycles. The molecule has 33 heavy (non-hydrogen) atoms. The number of aliphatic hydroxyl groups is 1. The minimum absolute atomic E-state index is 0.00812. The normalized spacial score (nSPS) is 17.6. The second-order valence-corrected chi connectivity index (χ2v) is 7.90. The number of methoxy groups -OCH3 is 1. The van der Waals surface area contributed by atoms with Crippen LogP contribution in [0, 0.1) is 6.92 Å². The Kier molecular flexibility index (Phi) is 5.91. The van der Waals surface area contributed by atoms with Crippen LogP contribution < -0.4 is 14.4 Å². The van der Waals surface area contributed by atoms with Gasteiger partial charge in [0.25, 0.3) is 5.78 Å². The smallest absolute Gasteiger partial charge is 0.301 e. The van der Waals surface area contributed by atoms with Crippen LogP contribution in [-0.2, 0) is 9.59 Å². The summed E-state index contributed by atoms with van der Waals surface area (Å²) in [6.07, 6.45) is -0.00812. The second kappa shape index (κ2) is 8.82. The van der Waals surface area contributed by atoms with Gasteiger partial charge in [0.1, 0.15) is 29.1 Å². The maximum atomic E-state index is 13.2. The van der Waals surface area contributed by atoms with E-state index in [1.54, 1.807) is 61.5 Å². The van der Waals surface area contributed by atoms with Crippen molar-refractivity contribution in [3.8, 4) is 11.5 Å². The third kappa shape index (κ3) is 4.07. The van der Waals surface area contributed by atoms with E-state index in [9.17, 15) is 14.7 Å². The molecule has 0 radical (unpaired) electrons. The standard InChI is InChI=1S/C25H24N2O6/c1-14(2)32-17-11-9-16(10-12-17)23(28)21-22(18-7-5-6-8-19(18)31-4)27(25(30)24(21)29)20-13-15(3)33-26-20/h5-14,22,28H,1-4H3/t22-/m1/s1. The highest BCUT2D eigenvalue weighted by atomic mass is 16.5. The molecule has 170 valence electrons. The van der Waals surface area contributed by atoms with Gasteiger partial charge in [-0.05, 0) is 51.1 Å². The van der Waals surface area contributed by atoms with Gasteiger partial charge in [-0.2, -0.15) is 0 Å². The van der Waals surface area contributed by atoms with Crippen molar-refractivity contribution >= 4 is 23.3 Å². The average Bonchev–Trinajstić information content (AvgIpc) is 3.34. The molecule has 1 saturated heterocycles. The fourth-order valence-corrected chi connectivity index (χ4v) is 3.84. The summed E-state index contributed by atoms with van der Waals surface area (Å²) in [5.41, 5.74) is 0.837. The van der Waals surface area contributed by atoms with Crippen LogP contribution in [0.15, 0.2) is 64.7 Å².